The Morgan fingerprint density at radius 1 is 0.920 bits per heavy atom. The van der Waals surface area contributed by atoms with E-state index in [0.717, 1.165) is 16.8 Å². The fourth-order valence-corrected chi connectivity index (χ4v) is 2.73. The molecule has 0 atom stereocenters. The van der Waals surface area contributed by atoms with Gasteiger partial charge in [-0.25, -0.2) is 4.98 Å². The second-order valence-electron chi connectivity index (χ2n) is 5.45. The third-order valence-corrected chi connectivity index (χ3v) is 3.84. The van der Waals surface area contributed by atoms with E-state index in [2.05, 4.69) is 15.3 Å². The summed E-state index contributed by atoms with van der Waals surface area (Å²) >= 11 is 0. The van der Waals surface area contributed by atoms with Gasteiger partial charge in [0.15, 0.2) is 11.4 Å². The molecule has 0 unspecified atom stereocenters. The van der Waals surface area contributed by atoms with Crippen molar-refractivity contribution in [2.24, 2.45) is 0 Å². The predicted molar refractivity (Wildman–Crippen MR) is 94.2 cm³/mol. The van der Waals surface area contributed by atoms with Crippen LogP contribution in [0, 0.1) is 0 Å². The van der Waals surface area contributed by atoms with Crippen molar-refractivity contribution < 1.29 is 9.84 Å². The highest BCUT2D eigenvalue weighted by Crippen LogP contribution is 2.32. The number of nitrogens with zero attached hydrogens (tertiary/aromatic N) is 4. The number of hydrogen-bond acceptors (Lipinski definition) is 5. The Labute approximate surface area is 144 Å². The summed E-state index contributed by atoms with van der Waals surface area (Å²) in [7, 11) is 0. The van der Waals surface area contributed by atoms with Crippen LogP contribution in [-0.4, -0.2) is 38.1 Å². The summed E-state index contributed by atoms with van der Waals surface area (Å²) in [5, 5.41) is 17.7. The van der Waals surface area contributed by atoms with Crippen molar-refractivity contribution in [1.82, 2.24) is 19.8 Å². The average molecular weight is 332 g/mol. The van der Waals surface area contributed by atoms with Crippen molar-refractivity contribution in [2.75, 3.05) is 13.2 Å². The summed E-state index contributed by atoms with van der Waals surface area (Å²) in [6, 6.07) is 19.6. The standard InChI is InChI=1S/C19H16N4O2/c24-11-12-25-16-13-20-19-17(14-7-3-1-4-8-14)21-22-23(19)18(16)15-9-5-2-6-10-15/h1-10,13,24H,11-12H2. The lowest BCUT2D eigenvalue weighted by Crippen LogP contribution is -2.06. The molecule has 0 bridgehead atoms. The van der Waals surface area contributed by atoms with Crippen LogP contribution >= 0.6 is 0 Å². The Morgan fingerprint density at radius 3 is 2.28 bits per heavy atom. The molecule has 0 amide bonds. The first kappa shape index (κ1) is 15.3. The topological polar surface area (TPSA) is 72.5 Å². The number of aromatic nitrogens is 4. The molecule has 0 saturated heterocycles. The van der Waals surface area contributed by atoms with E-state index in [0.29, 0.717) is 17.1 Å². The second-order valence-corrected chi connectivity index (χ2v) is 5.45. The number of fused-ring (bicyclic) bond motifs is 1. The van der Waals surface area contributed by atoms with E-state index in [4.69, 9.17) is 9.84 Å². The van der Waals surface area contributed by atoms with Gasteiger partial charge in [0.1, 0.15) is 18.0 Å². The van der Waals surface area contributed by atoms with E-state index in [1.807, 2.05) is 60.7 Å². The number of aliphatic hydroxyl groups excluding tert-OH is 1. The lowest BCUT2D eigenvalue weighted by atomic mass is 10.1. The van der Waals surface area contributed by atoms with Crippen molar-refractivity contribution >= 4 is 5.65 Å². The molecule has 0 aliphatic carbocycles. The highest BCUT2D eigenvalue weighted by atomic mass is 16.5. The minimum atomic E-state index is -0.0705. The molecule has 6 nitrogen and oxygen atoms in total. The molecule has 2 heterocycles. The van der Waals surface area contributed by atoms with E-state index in [-0.39, 0.29) is 13.2 Å². The van der Waals surface area contributed by atoms with Gasteiger partial charge in [-0.05, 0) is 0 Å². The normalized spacial score (nSPS) is 10.9. The quantitative estimate of drug-likeness (QED) is 0.608. The van der Waals surface area contributed by atoms with Gasteiger partial charge in [0.25, 0.3) is 0 Å². The molecule has 0 saturated carbocycles. The summed E-state index contributed by atoms with van der Waals surface area (Å²) in [6.07, 6.45) is 1.66. The summed E-state index contributed by atoms with van der Waals surface area (Å²) in [5.41, 5.74) is 4.02. The molecule has 0 spiro atoms. The first-order valence-electron chi connectivity index (χ1n) is 7.97. The molecule has 0 aliphatic heterocycles. The maximum atomic E-state index is 9.07. The fourth-order valence-electron chi connectivity index (χ4n) is 2.73. The van der Waals surface area contributed by atoms with Gasteiger partial charge in [0, 0.05) is 11.1 Å². The van der Waals surface area contributed by atoms with E-state index in [1.54, 1.807) is 10.7 Å². The summed E-state index contributed by atoms with van der Waals surface area (Å²) in [5.74, 6) is 0.553. The Kier molecular flexibility index (Phi) is 4.10. The smallest absolute Gasteiger partial charge is 0.184 e. The minimum absolute atomic E-state index is 0.0705. The third-order valence-electron chi connectivity index (χ3n) is 3.84. The molecule has 4 aromatic rings. The van der Waals surface area contributed by atoms with Crippen LogP contribution in [0.1, 0.15) is 0 Å². The molecule has 0 radical (unpaired) electrons. The van der Waals surface area contributed by atoms with Crippen LogP contribution < -0.4 is 4.74 Å². The molecule has 4 rings (SSSR count). The van der Waals surface area contributed by atoms with Crippen LogP contribution in [0.3, 0.4) is 0 Å². The molecule has 0 aliphatic rings. The zero-order valence-electron chi connectivity index (χ0n) is 13.4. The maximum Gasteiger partial charge on any atom is 0.184 e. The van der Waals surface area contributed by atoms with Gasteiger partial charge in [-0.15, -0.1) is 5.10 Å². The molecule has 6 heteroatoms. The van der Waals surface area contributed by atoms with Gasteiger partial charge in [-0.3, -0.25) is 0 Å². The Morgan fingerprint density at radius 2 is 1.60 bits per heavy atom. The predicted octanol–water partition coefficient (Wildman–Crippen LogP) is 2.83. The molecule has 2 aromatic carbocycles. The van der Waals surface area contributed by atoms with Crippen LogP contribution in [0.25, 0.3) is 28.2 Å². The number of hydrogen-bond donors (Lipinski definition) is 1. The highest BCUT2D eigenvalue weighted by Gasteiger charge is 2.18. The fraction of sp³-hybridized carbons (Fsp3) is 0.105. The van der Waals surface area contributed by atoms with E-state index in [1.165, 1.54) is 0 Å². The molecule has 124 valence electrons. The molecule has 1 N–H and O–H groups in total. The van der Waals surface area contributed by atoms with Gasteiger partial charge in [0.05, 0.1) is 12.8 Å². The molecule has 2 aromatic heterocycles. The third kappa shape index (κ3) is 2.83. The van der Waals surface area contributed by atoms with Gasteiger partial charge >= 0.3 is 0 Å². The van der Waals surface area contributed by atoms with Crippen LogP contribution in [0.15, 0.2) is 66.9 Å². The summed E-state index contributed by atoms with van der Waals surface area (Å²) in [4.78, 5) is 4.49. The van der Waals surface area contributed by atoms with Gasteiger partial charge in [0.2, 0.25) is 0 Å². The van der Waals surface area contributed by atoms with Crippen molar-refractivity contribution in [2.45, 2.75) is 0 Å². The van der Waals surface area contributed by atoms with Crippen LogP contribution in [0.4, 0.5) is 0 Å². The van der Waals surface area contributed by atoms with Gasteiger partial charge in [-0.2, -0.15) is 4.52 Å². The van der Waals surface area contributed by atoms with E-state index >= 15 is 0 Å². The highest BCUT2D eigenvalue weighted by molar-refractivity contribution is 5.77. The monoisotopic (exact) mass is 332 g/mol. The minimum Gasteiger partial charge on any atom is -0.487 e. The Hall–Kier alpha value is -3.25. The Balaban J connectivity index is 1.94. The zero-order chi connectivity index (χ0) is 17.1. The lowest BCUT2D eigenvalue weighted by Gasteiger charge is -2.11. The first-order chi connectivity index (χ1) is 12.4. The van der Waals surface area contributed by atoms with Crippen molar-refractivity contribution in [3.05, 3.63) is 66.9 Å². The van der Waals surface area contributed by atoms with E-state index < -0.39 is 0 Å². The SMILES string of the molecule is OCCOc1cnc2c(-c3ccccc3)nnn2c1-c1ccccc1. The second kappa shape index (κ2) is 6.70. The van der Waals surface area contributed by atoms with Gasteiger partial charge < -0.3 is 9.84 Å². The van der Waals surface area contributed by atoms with Crippen molar-refractivity contribution in [3.8, 4) is 28.3 Å². The summed E-state index contributed by atoms with van der Waals surface area (Å²) < 4.78 is 7.35. The lowest BCUT2D eigenvalue weighted by molar-refractivity contribution is 0.201. The largest absolute Gasteiger partial charge is 0.487 e. The average Bonchev–Trinajstić information content (AvgIpc) is 3.11. The number of benzene rings is 2. The van der Waals surface area contributed by atoms with Crippen LogP contribution in [0.2, 0.25) is 0 Å². The number of rotatable bonds is 5. The first-order valence-corrected chi connectivity index (χ1v) is 7.97. The molecular weight excluding hydrogens is 316 g/mol. The Bertz CT molecular complexity index is 984. The molecular formula is C19H16N4O2. The summed E-state index contributed by atoms with van der Waals surface area (Å²) in [6.45, 7) is 0.117. The van der Waals surface area contributed by atoms with Crippen LogP contribution in [-0.2, 0) is 0 Å². The van der Waals surface area contributed by atoms with Gasteiger partial charge in [-0.1, -0.05) is 65.9 Å². The number of ether oxygens (including phenoxy) is 1. The molecule has 0 fully saturated rings. The molecule has 25 heavy (non-hydrogen) atoms. The zero-order valence-corrected chi connectivity index (χ0v) is 13.4. The number of aliphatic hydroxyl groups is 1. The van der Waals surface area contributed by atoms with E-state index in [9.17, 15) is 0 Å². The van der Waals surface area contributed by atoms with Crippen LogP contribution in [0.5, 0.6) is 5.75 Å². The van der Waals surface area contributed by atoms with Crippen molar-refractivity contribution in [3.63, 3.8) is 0 Å². The van der Waals surface area contributed by atoms with Crippen molar-refractivity contribution in [1.29, 1.82) is 0 Å². The maximum absolute atomic E-state index is 9.07.